The van der Waals surface area contributed by atoms with Gasteiger partial charge in [0.2, 0.25) is 0 Å². The van der Waals surface area contributed by atoms with Crippen molar-refractivity contribution in [2.24, 2.45) is 0 Å². The van der Waals surface area contributed by atoms with Crippen LogP contribution in [0.5, 0.6) is 0 Å². The van der Waals surface area contributed by atoms with Crippen molar-refractivity contribution in [2.45, 2.75) is 31.4 Å². The number of hydrogen-bond donors (Lipinski definition) is 2. The molecule has 0 amide bonds. The van der Waals surface area contributed by atoms with Gasteiger partial charge in [-0.1, -0.05) is 30.3 Å². The quantitative estimate of drug-likeness (QED) is 0.710. The van der Waals surface area contributed by atoms with Crippen molar-refractivity contribution in [1.82, 2.24) is 5.32 Å². The summed E-state index contributed by atoms with van der Waals surface area (Å²) in [5.74, 6) is 0. The number of nitrogens with one attached hydrogen (secondary N) is 1. The van der Waals surface area contributed by atoms with E-state index in [-0.39, 0.29) is 6.04 Å². The molecule has 2 rings (SSSR count). The molecule has 1 aliphatic rings. The van der Waals surface area contributed by atoms with Gasteiger partial charge in [0.1, 0.15) is 0 Å². The number of piperidine rings is 1. The molecule has 2 heteroatoms. The van der Waals surface area contributed by atoms with Gasteiger partial charge in [-0.05, 0) is 31.9 Å². The molecule has 14 heavy (non-hydrogen) atoms. The van der Waals surface area contributed by atoms with E-state index < -0.39 is 5.60 Å². The van der Waals surface area contributed by atoms with Crippen LogP contribution >= 0.6 is 0 Å². The monoisotopic (exact) mass is 191 g/mol. The Morgan fingerprint density at radius 1 is 1.36 bits per heavy atom. The lowest BCUT2D eigenvalue weighted by atomic mass is 9.83. The molecular weight excluding hydrogens is 174 g/mol. The molecule has 0 saturated carbocycles. The van der Waals surface area contributed by atoms with Gasteiger partial charge in [-0.25, -0.2) is 0 Å². The highest BCUT2D eigenvalue weighted by molar-refractivity contribution is 5.22. The van der Waals surface area contributed by atoms with Crippen molar-refractivity contribution < 1.29 is 5.11 Å². The Morgan fingerprint density at radius 3 is 2.71 bits per heavy atom. The van der Waals surface area contributed by atoms with Gasteiger partial charge in [0, 0.05) is 0 Å². The van der Waals surface area contributed by atoms with Gasteiger partial charge in [0.05, 0.1) is 11.6 Å². The summed E-state index contributed by atoms with van der Waals surface area (Å²) in [4.78, 5) is 0. The van der Waals surface area contributed by atoms with Crippen molar-refractivity contribution in [3.05, 3.63) is 35.9 Å². The minimum atomic E-state index is -0.612. The Kier molecular flexibility index (Phi) is 2.57. The van der Waals surface area contributed by atoms with Crippen LogP contribution in [0, 0.1) is 0 Å². The molecule has 1 aliphatic heterocycles. The lowest BCUT2D eigenvalue weighted by molar-refractivity contribution is -0.00725. The SMILES string of the molecule is CC1(O)CCCNC1c1ccccc1. The van der Waals surface area contributed by atoms with E-state index >= 15 is 0 Å². The highest BCUT2D eigenvalue weighted by Crippen LogP contribution is 2.32. The van der Waals surface area contributed by atoms with Crippen LogP contribution < -0.4 is 5.32 Å². The third-order valence-electron chi connectivity index (χ3n) is 2.96. The Labute approximate surface area is 85.0 Å². The number of aliphatic hydroxyl groups is 1. The Morgan fingerprint density at radius 2 is 2.07 bits per heavy atom. The van der Waals surface area contributed by atoms with Gasteiger partial charge in [-0.2, -0.15) is 0 Å². The smallest absolute Gasteiger partial charge is 0.0814 e. The largest absolute Gasteiger partial charge is 0.388 e. The van der Waals surface area contributed by atoms with Crippen molar-refractivity contribution >= 4 is 0 Å². The lowest BCUT2D eigenvalue weighted by Gasteiger charge is -2.38. The highest BCUT2D eigenvalue weighted by Gasteiger charge is 2.34. The van der Waals surface area contributed by atoms with Crippen LogP contribution in [0.25, 0.3) is 0 Å². The average molecular weight is 191 g/mol. The molecule has 0 radical (unpaired) electrons. The van der Waals surface area contributed by atoms with E-state index in [0.29, 0.717) is 0 Å². The maximum Gasteiger partial charge on any atom is 0.0814 e. The molecule has 0 aliphatic carbocycles. The molecule has 0 aromatic heterocycles. The Balaban J connectivity index is 2.24. The van der Waals surface area contributed by atoms with E-state index in [9.17, 15) is 5.11 Å². The van der Waals surface area contributed by atoms with Gasteiger partial charge in [-0.15, -0.1) is 0 Å². The normalized spacial score (nSPS) is 32.9. The summed E-state index contributed by atoms with van der Waals surface area (Å²) >= 11 is 0. The van der Waals surface area contributed by atoms with Gasteiger partial charge < -0.3 is 10.4 Å². The van der Waals surface area contributed by atoms with Crippen LogP contribution in [0.15, 0.2) is 30.3 Å². The fraction of sp³-hybridized carbons (Fsp3) is 0.500. The van der Waals surface area contributed by atoms with Gasteiger partial charge in [-0.3, -0.25) is 0 Å². The molecular formula is C12H17NO. The van der Waals surface area contributed by atoms with Gasteiger partial charge in [0.25, 0.3) is 0 Å². The van der Waals surface area contributed by atoms with E-state index in [1.165, 1.54) is 5.56 Å². The third-order valence-corrected chi connectivity index (χ3v) is 2.96. The molecule has 2 unspecified atom stereocenters. The molecule has 1 aromatic carbocycles. The first-order chi connectivity index (χ1) is 6.70. The molecule has 2 atom stereocenters. The fourth-order valence-electron chi connectivity index (χ4n) is 2.18. The topological polar surface area (TPSA) is 32.3 Å². The van der Waals surface area contributed by atoms with Crippen LogP contribution in [0.2, 0.25) is 0 Å². The second kappa shape index (κ2) is 3.71. The molecule has 76 valence electrons. The van der Waals surface area contributed by atoms with Crippen LogP contribution in [-0.2, 0) is 0 Å². The zero-order valence-corrected chi connectivity index (χ0v) is 8.53. The van der Waals surface area contributed by atoms with Crippen LogP contribution in [0.3, 0.4) is 0 Å². The van der Waals surface area contributed by atoms with Crippen molar-refractivity contribution in [2.75, 3.05) is 6.54 Å². The van der Waals surface area contributed by atoms with Gasteiger partial charge >= 0.3 is 0 Å². The number of benzene rings is 1. The second-order valence-electron chi connectivity index (χ2n) is 4.26. The van der Waals surface area contributed by atoms with E-state index in [4.69, 9.17) is 0 Å². The maximum atomic E-state index is 10.2. The van der Waals surface area contributed by atoms with E-state index in [1.54, 1.807) is 0 Å². The molecule has 1 saturated heterocycles. The predicted molar refractivity (Wildman–Crippen MR) is 57.0 cm³/mol. The van der Waals surface area contributed by atoms with Crippen LogP contribution in [0.1, 0.15) is 31.4 Å². The van der Waals surface area contributed by atoms with E-state index in [1.807, 2.05) is 25.1 Å². The predicted octanol–water partition coefficient (Wildman–Crippen LogP) is 1.86. The second-order valence-corrected chi connectivity index (χ2v) is 4.26. The van der Waals surface area contributed by atoms with Crippen molar-refractivity contribution in [3.63, 3.8) is 0 Å². The summed E-state index contributed by atoms with van der Waals surface area (Å²) in [7, 11) is 0. The number of rotatable bonds is 1. The standard InChI is InChI=1S/C12H17NO/c1-12(14)8-5-9-13-11(12)10-6-3-2-4-7-10/h2-4,6-7,11,13-14H,5,8-9H2,1H3. The highest BCUT2D eigenvalue weighted by atomic mass is 16.3. The molecule has 1 aromatic rings. The molecule has 1 fully saturated rings. The number of hydrogen-bond acceptors (Lipinski definition) is 2. The first kappa shape index (κ1) is 9.69. The zero-order chi connectivity index (χ0) is 10.0. The molecule has 1 heterocycles. The fourth-order valence-corrected chi connectivity index (χ4v) is 2.18. The Bertz CT molecular complexity index is 294. The summed E-state index contributed by atoms with van der Waals surface area (Å²) in [6, 6.07) is 10.2. The van der Waals surface area contributed by atoms with Crippen LogP contribution in [0.4, 0.5) is 0 Å². The van der Waals surface area contributed by atoms with E-state index in [0.717, 1.165) is 19.4 Å². The minimum absolute atomic E-state index is 0.0810. The van der Waals surface area contributed by atoms with Crippen molar-refractivity contribution in [3.8, 4) is 0 Å². The maximum absolute atomic E-state index is 10.2. The molecule has 0 spiro atoms. The molecule has 2 N–H and O–H groups in total. The summed E-state index contributed by atoms with van der Waals surface area (Å²) in [6.07, 6.45) is 1.93. The first-order valence-electron chi connectivity index (χ1n) is 5.21. The first-order valence-corrected chi connectivity index (χ1v) is 5.21. The zero-order valence-electron chi connectivity index (χ0n) is 8.53. The molecule has 0 bridgehead atoms. The average Bonchev–Trinajstić information content (AvgIpc) is 2.18. The third kappa shape index (κ3) is 1.81. The van der Waals surface area contributed by atoms with E-state index in [2.05, 4.69) is 17.4 Å². The lowest BCUT2D eigenvalue weighted by Crippen LogP contribution is -2.46. The summed E-state index contributed by atoms with van der Waals surface area (Å²) < 4.78 is 0. The summed E-state index contributed by atoms with van der Waals surface area (Å²) in [5.41, 5.74) is 0.566. The summed E-state index contributed by atoms with van der Waals surface area (Å²) in [5, 5.41) is 13.6. The minimum Gasteiger partial charge on any atom is -0.388 e. The summed E-state index contributed by atoms with van der Waals surface area (Å²) in [6.45, 7) is 2.91. The van der Waals surface area contributed by atoms with Gasteiger partial charge in [0.15, 0.2) is 0 Å². The Hall–Kier alpha value is -0.860. The van der Waals surface area contributed by atoms with Crippen molar-refractivity contribution in [1.29, 1.82) is 0 Å². The molecule has 2 nitrogen and oxygen atoms in total. The van der Waals surface area contributed by atoms with Crippen LogP contribution in [-0.4, -0.2) is 17.3 Å².